The van der Waals surface area contributed by atoms with Crippen LogP contribution in [0, 0.1) is 6.92 Å². The topological polar surface area (TPSA) is 107 Å². The second-order valence-corrected chi connectivity index (χ2v) is 10.9. The van der Waals surface area contributed by atoms with Gasteiger partial charge in [0.05, 0.1) is 0 Å². The van der Waals surface area contributed by atoms with Gasteiger partial charge in [-0.25, -0.2) is 4.98 Å². The molecule has 10 heteroatoms. The smallest absolute Gasteiger partial charge is 0.339 e. The van der Waals surface area contributed by atoms with Crippen LogP contribution in [0.15, 0.2) is 107 Å². The number of nitrogens with one attached hydrogen (secondary N) is 1. The van der Waals surface area contributed by atoms with Crippen LogP contribution in [-0.4, -0.2) is 24.3 Å². The molecule has 0 saturated carbocycles. The van der Waals surface area contributed by atoms with Gasteiger partial charge in [0.1, 0.15) is 26.5 Å². The fraction of sp³-hybridized carbons (Fsp3) is 0.0690. The van der Waals surface area contributed by atoms with Crippen LogP contribution in [0.4, 0.5) is 0 Å². The molecule has 5 rings (SSSR count). The Morgan fingerprint density at radius 3 is 2.31 bits per heavy atom. The average molecular weight is 604 g/mol. The first-order valence-corrected chi connectivity index (χ1v) is 14.1. The van der Waals surface area contributed by atoms with E-state index in [2.05, 4.69) is 31.2 Å². The molecular formula is C29H22BrN3O5S. The Hall–Kier alpha value is -4.28. The maximum absolute atomic E-state index is 13.3. The molecular weight excluding hydrogens is 582 g/mol. The largest absolute Gasteiger partial charge is 0.457 e. The number of nitrogens with zero attached hydrogens (tertiary/aromatic N) is 2. The van der Waals surface area contributed by atoms with Crippen molar-refractivity contribution in [1.29, 1.82) is 0 Å². The summed E-state index contributed by atoms with van der Waals surface area (Å²) in [5.74, 6) is 0.494. The first-order chi connectivity index (χ1) is 18.8. The maximum Gasteiger partial charge on any atom is 0.339 e. The molecule has 0 radical (unpaired) electrons. The molecule has 0 aliphatic heterocycles. The minimum atomic E-state index is -4.28. The lowest BCUT2D eigenvalue weighted by Gasteiger charge is -2.14. The van der Waals surface area contributed by atoms with E-state index >= 15 is 0 Å². The highest BCUT2D eigenvalue weighted by Crippen LogP contribution is 2.33. The van der Waals surface area contributed by atoms with Crippen molar-refractivity contribution in [3.05, 3.63) is 119 Å². The van der Waals surface area contributed by atoms with Crippen molar-refractivity contribution in [1.82, 2.24) is 15.3 Å². The molecule has 8 nitrogen and oxygen atoms in total. The number of carbonyl (C=O) groups is 1. The van der Waals surface area contributed by atoms with Gasteiger partial charge in [-0.05, 0) is 76.9 Å². The molecule has 0 fully saturated rings. The number of fused-ring (bicyclic) bond motifs is 1. The van der Waals surface area contributed by atoms with E-state index in [0.29, 0.717) is 21.5 Å². The third kappa shape index (κ3) is 6.08. The first kappa shape index (κ1) is 26.3. The number of aryl methyl sites for hydroxylation is 1. The first-order valence-electron chi connectivity index (χ1n) is 11.9. The normalized spacial score (nSPS) is 11.2. The van der Waals surface area contributed by atoms with Crippen molar-refractivity contribution in [3.63, 3.8) is 0 Å². The molecule has 2 heterocycles. The zero-order valence-electron chi connectivity index (χ0n) is 20.7. The molecule has 0 aliphatic rings. The lowest BCUT2D eigenvalue weighted by molar-refractivity contribution is 0.0944. The van der Waals surface area contributed by atoms with Gasteiger partial charge in [-0.1, -0.05) is 48.0 Å². The second-order valence-electron chi connectivity index (χ2n) is 8.57. The van der Waals surface area contributed by atoms with Gasteiger partial charge in [-0.15, -0.1) is 0 Å². The van der Waals surface area contributed by atoms with Gasteiger partial charge in [0.15, 0.2) is 5.69 Å². The van der Waals surface area contributed by atoms with E-state index in [4.69, 9.17) is 8.92 Å². The Balaban J connectivity index is 1.40. The number of carbonyl (C=O) groups excluding carboxylic acids is 1. The zero-order valence-corrected chi connectivity index (χ0v) is 23.1. The van der Waals surface area contributed by atoms with Crippen molar-refractivity contribution in [2.45, 2.75) is 18.4 Å². The number of pyridine rings is 2. The van der Waals surface area contributed by atoms with Crippen LogP contribution in [0.3, 0.4) is 0 Å². The van der Waals surface area contributed by atoms with Crippen molar-refractivity contribution < 1.29 is 22.1 Å². The fourth-order valence-electron chi connectivity index (χ4n) is 3.74. The number of benzene rings is 3. The van der Waals surface area contributed by atoms with Crippen LogP contribution in [0.25, 0.3) is 10.9 Å². The van der Waals surface area contributed by atoms with E-state index in [1.807, 2.05) is 49.4 Å². The number of hydrogen-bond donors (Lipinski definition) is 1. The van der Waals surface area contributed by atoms with Gasteiger partial charge < -0.3 is 14.2 Å². The van der Waals surface area contributed by atoms with Crippen LogP contribution in [0.2, 0.25) is 0 Å². The summed E-state index contributed by atoms with van der Waals surface area (Å²) in [6.07, 6.45) is 1.49. The molecule has 1 N–H and O–H groups in total. The highest BCUT2D eigenvalue weighted by molar-refractivity contribution is 9.10. The molecule has 0 bridgehead atoms. The lowest BCUT2D eigenvalue weighted by atomic mass is 10.2. The number of hydrogen-bond acceptors (Lipinski definition) is 7. The number of ether oxygens (including phenoxy) is 1. The van der Waals surface area contributed by atoms with Crippen LogP contribution in [0.5, 0.6) is 17.2 Å². The minimum Gasteiger partial charge on any atom is -0.457 e. The molecule has 1 amide bonds. The van der Waals surface area contributed by atoms with Gasteiger partial charge >= 0.3 is 10.1 Å². The van der Waals surface area contributed by atoms with Gasteiger partial charge in [0.25, 0.3) is 5.91 Å². The summed E-state index contributed by atoms with van der Waals surface area (Å²) in [6, 6.07) is 26.2. The Bertz CT molecular complexity index is 1740. The molecule has 0 aliphatic carbocycles. The molecule has 0 spiro atoms. The van der Waals surface area contributed by atoms with Crippen molar-refractivity contribution in [2.75, 3.05) is 0 Å². The molecule has 39 heavy (non-hydrogen) atoms. The third-order valence-electron chi connectivity index (χ3n) is 5.74. The standard InChI is InChI=1S/C29H22BrN3O5S/c1-19-9-15-23(16-10-19)39(35,36)38-27-25-24(8-5-17-31-25)28(30)33-26(27)29(34)32-18-20-11-13-22(14-12-20)37-21-6-3-2-4-7-21/h2-17H,18H2,1H3,(H,32,34). The highest BCUT2D eigenvalue weighted by atomic mass is 79.9. The number of rotatable bonds is 8. The minimum absolute atomic E-state index is 0.0516. The van der Waals surface area contributed by atoms with Gasteiger partial charge in [-0.3, -0.25) is 9.78 Å². The van der Waals surface area contributed by atoms with Crippen LogP contribution in [-0.2, 0) is 16.7 Å². The number of para-hydroxylation sites is 1. The van der Waals surface area contributed by atoms with Gasteiger partial charge in [0.2, 0.25) is 5.75 Å². The highest BCUT2D eigenvalue weighted by Gasteiger charge is 2.26. The molecule has 3 aromatic carbocycles. The average Bonchev–Trinajstić information content (AvgIpc) is 2.95. The van der Waals surface area contributed by atoms with Crippen molar-refractivity contribution in [3.8, 4) is 17.2 Å². The lowest BCUT2D eigenvalue weighted by Crippen LogP contribution is -2.25. The van der Waals surface area contributed by atoms with Gasteiger partial charge in [-0.2, -0.15) is 8.42 Å². The summed E-state index contributed by atoms with van der Waals surface area (Å²) < 4.78 is 37.9. The van der Waals surface area contributed by atoms with E-state index in [-0.39, 0.29) is 28.4 Å². The number of halogens is 1. The van der Waals surface area contributed by atoms with E-state index < -0.39 is 16.0 Å². The number of aromatic nitrogens is 2. The molecule has 196 valence electrons. The third-order valence-corrected chi connectivity index (χ3v) is 7.58. The fourth-order valence-corrected chi connectivity index (χ4v) is 5.18. The number of amides is 1. The van der Waals surface area contributed by atoms with Crippen molar-refractivity contribution in [2.24, 2.45) is 0 Å². The summed E-state index contributed by atoms with van der Waals surface area (Å²) in [6.45, 7) is 2.01. The Morgan fingerprint density at radius 1 is 0.897 bits per heavy atom. The molecule has 5 aromatic rings. The van der Waals surface area contributed by atoms with E-state index in [1.54, 1.807) is 36.4 Å². The SMILES string of the molecule is Cc1ccc(S(=O)(=O)Oc2c(C(=O)NCc3ccc(Oc4ccccc4)cc3)nc(Br)c3cccnc23)cc1. The summed E-state index contributed by atoms with van der Waals surface area (Å²) in [7, 11) is -4.28. The monoisotopic (exact) mass is 603 g/mol. The van der Waals surface area contributed by atoms with E-state index in [9.17, 15) is 13.2 Å². The molecule has 0 saturated heterocycles. The van der Waals surface area contributed by atoms with Crippen LogP contribution in [0.1, 0.15) is 21.6 Å². The van der Waals surface area contributed by atoms with Gasteiger partial charge in [0, 0.05) is 18.1 Å². The quantitative estimate of drug-likeness (QED) is 0.166. The second kappa shape index (κ2) is 11.2. The summed E-state index contributed by atoms with van der Waals surface area (Å²) in [5, 5.41) is 3.28. The van der Waals surface area contributed by atoms with E-state index in [1.165, 1.54) is 18.3 Å². The van der Waals surface area contributed by atoms with E-state index in [0.717, 1.165) is 11.1 Å². The Labute approximate surface area is 233 Å². The Kier molecular flexibility index (Phi) is 7.58. The predicted octanol–water partition coefficient (Wildman–Crippen LogP) is 6.19. The zero-order chi connectivity index (χ0) is 27.4. The predicted molar refractivity (Wildman–Crippen MR) is 150 cm³/mol. The van der Waals surface area contributed by atoms with Crippen molar-refractivity contribution >= 4 is 42.9 Å². The van der Waals surface area contributed by atoms with Crippen LogP contribution >= 0.6 is 15.9 Å². The molecule has 0 atom stereocenters. The maximum atomic E-state index is 13.3. The summed E-state index contributed by atoms with van der Waals surface area (Å²) in [4.78, 5) is 21.8. The molecule has 2 aromatic heterocycles. The van der Waals surface area contributed by atoms with Crippen LogP contribution < -0.4 is 14.2 Å². The summed E-state index contributed by atoms with van der Waals surface area (Å²) >= 11 is 3.36. The molecule has 0 unspecified atom stereocenters. The Morgan fingerprint density at radius 2 is 1.59 bits per heavy atom. The summed E-state index contributed by atoms with van der Waals surface area (Å²) in [5.41, 5.74) is 1.66.